The molecule has 0 spiro atoms. The Balaban J connectivity index is 2.28. The standard InChI is InChI=1S/C15H24BrNS/c1-10(2)9-15(6-4-5-7-15)14(17)13-12(16)8-11(3)18-13/h8,10,14H,4-7,9,17H2,1-3H3. The molecular weight excluding hydrogens is 306 g/mol. The normalized spacial score (nSPS) is 20.6. The quantitative estimate of drug-likeness (QED) is 0.783. The third-order valence-corrected chi connectivity index (χ3v) is 6.24. The Morgan fingerprint density at radius 2 is 2.00 bits per heavy atom. The molecule has 1 heterocycles. The van der Waals surface area contributed by atoms with Gasteiger partial charge < -0.3 is 5.73 Å². The van der Waals surface area contributed by atoms with Crippen LogP contribution in [0.2, 0.25) is 0 Å². The monoisotopic (exact) mass is 329 g/mol. The Bertz CT molecular complexity index is 405. The van der Waals surface area contributed by atoms with Crippen molar-refractivity contribution in [2.24, 2.45) is 17.1 Å². The van der Waals surface area contributed by atoms with Crippen LogP contribution in [0.25, 0.3) is 0 Å². The van der Waals surface area contributed by atoms with Crippen molar-refractivity contribution in [2.45, 2.75) is 58.9 Å². The highest BCUT2D eigenvalue weighted by molar-refractivity contribution is 9.10. The molecule has 1 unspecified atom stereocenters. The van der Waals surface area contributed by atoms with Gasteiger partial charge in [-0.05, 0) is 59.5 Å². The maximum absolute atomic E-state index is 6.68. The molecule has 18 heavy (non-hydrogen) atoms. The number of thiophene rings is 1. The number of hydrogen-bond donors (Lipinski definition) is 1. The number of hydrogen-bond acceptors (Lipinski definition) is 2. The first-order valence-electron chi connectivity index (χ1n) is 6.96. The van der Waals surface area contributed by atoms with Gasteiger partial charge in [0, 0.05) is 20.3 Å². The molecule has 1 aliphatic rings. The van der Waals surface area contributed by atoms with Gasteiger partial charge in [0.05, 0.1) is 0 Å². The van der Waals surface area contributed by atoms with Crippen LogP contribution >= 0.6 is 27.3 Å². The summed E-state index contributed by atoms with van der Waals surface area (Å²) in [4.78, 5) is 2.71. The Kier molecular flexibility index (Phi) is 4.56. The molecule has 1 aromatic heterocycles. The van der Waals surface area contributed by atoms with E-state index in [9.17, 15) is 0 Å². The van der Waals surface area contributed by atoms with E-state index in [1.165, 1.54) is 46.3 Å². The summed E-state index contributed by atoms with van der Waals surface area (Å²) in [6.07, 6.45) is 6.56. The first-order valence-corrected chi connectivity index (χ1v) is 8.57. The lowest BCUT2D eigenvalue weighted by molar-refractivity contribution is 0.185. The van der Waals surface area contributed by atoms with Gasteiger partial charge in [-0.1, -0.05) is 26.7 Å². The maximum atomic E-state index is 6.68. The van der Waals surface area contributed by atoms with Crippen LogP contribution in [0, 0.1) is 18.3 Å². The highest BCUT2D eigenvalue weighted by Crippen LogP contribution is 2.52. The minimum atomic E-state index is 0.204. The maximum Gasteiger partial charge on any atom is 0.0458 e. The molecule has 0 aliphatic heterocycles. The van der Waals surface area contributed by atoms with Crippen molar-refractivity contribution in [3.8, 4) is 0 Å². The molecule has 0 saturated heterocycles. The van der Waals surface area contributed by atoms with Crippen LogP contribution in [-0.2, 0) is 0 Å². The first-order chi connectivity index (χ1) is 8.44. The van der Waals surface area contributed by atoms with Crippen LogP contribution in [0.1, 0.15) is 61.7 Å². The second-order valence-electron chi connectivity index (χ2n) is 6.21. The van der Waals surface area contributed by atoms with Crippen LogP contribution in [0.4, 0.5) is 0 Å². The Morgan fingerprint density at radius 1 is 1.39 bits per heavy atom. The van der Waals surface area contributed by atoms with Crippen molar-refractivity contribution < 1.29 is 0 Å². The Morgan fingerprint density at radius 3 is 2.44 bits per heavy atom. The molecule has 0 bridgehead atoms. The fourth-order valence-corrected chi connectivity index (χ4v) is 5.57. The fraction of sp³-hybridized carbons (Fsp3) is 0.733. The number of rotatable bonds is 4. The topological polar surface area (TPSA) is 26.0 Å². The van der Waals surface area contributed by atoms with Gasteiger partial charge in [0.25, 0.3) is 0 Å². The average molecular weight is 330 g/mol. The van der Waals surface area contributed by atoms with Gasteiger partial charge >= 0.3 is 0 Å². The molecule has 3 heteroatoms. The number of aryl methyl sites for hydroxylation is 1. The van der Waals surface area contributed by atoms with Gasteiger partial charge in [0.1, 0.15) is 0 Å². The van der Waals surface area contributed by atoms with Crippen LogP contribution in [0.15, 0.2) is 10.5 Å². The van der Waals surface area contributed by atoms with E-state index in [1.807, 2.05) is 11.3 Å². The molecule has 2 N–H and O–H groups in total. The van der Waals surface area contributed by atoms with Crippen molar-refractivity contribution >= 4 is 27.3 Å². The van der Waals surface area contributed by atoms with Crippen LogP contribution in [0.5, 0.6) is 0 Å². The van der Waals surface area contributed by atoms with Crippen LogP contribution in [-0.4, -0.2) is 0 Å². The van der Waals surface area contributed by atoms with Gasteiger partial charge in [-0.3, -0.25) is 0 Å². The van der Waals surface area contributed by atoms with Crippen molar-refractivity contribution in [3.63, 3.8) is 0 Å². The number of halogens is 1. The van der Waals surface area contributed by atoms with E-state index >= 15 is 0 Å². The third-order valence-electron chi connectivity index (χ3n) is 4.19. The van der Waals surface area contributed by atoms with Gasteiger partial charge in [0.2, 0.25) is 0 Å². The molecule has 102 valence electrons. The lowest BCUT2D eigenvalue weighted by Crippen LogP contribution is -2.33. The summed E-state index contributed by atoms with van der Waals surface area (Å²) in [5, 5.41) is 0. The summed E-state index contributed by atoms with van der Waals surface area (Å²) in [5.41, 5.74) is 7.02. The van der Waals surface area contributed by atoms with Crippen molar-refractivity contribution in [1.29, 1.82) is 0 Å². The van der Waals surface area contributed by atoms with Crippen molar-refractivity contribution in [2.75, 3.05) is 0 Å². The molecule has 1 fully saturated rings. The van der Waals surface area contributed by atoms with E-state index in [0.29, 0.717) is 5.41 Å². The highest BCUT2D eigenvalue weighted by atomic mass is 79.9. The van der Waals surface area contributed by atoms with Crippen LogP contribution < -0.4 is 5.73 Å². The molecule has 1 nitrogen and oxygen atoms in total. The number of nitrogens with two attached hydrogens (primary N) is 1. The van der Waals surface area contributed by atoms with Crippen molar-refractivity contribution in [1.82, 2.24) is 0 Å². The minimum Gasteiger partial charge on any atom is -0.323 e. The van der Waals surface area contributed by atoms with E-state index in [-0.39, 0.29) is 6.04 Å². The zero-order valence-corrected chi connectivity index (χ0v) is 14.0. The summed E-state index contributed by atoms with van der Waals surface area (Å²) < 4.78 is 1.22. The zero-order valence-electron chi connectivity index (χ0n) is 11.6. The van der Waals surface area contributed by atoms with Gasteiger partial charge in [-0.15, -0.1) is 11.3 Å². The summed E-state index contributed by atoms with van der Waals surface area (Å²) in [7, 11) is 0. The van der Waals surface area contributed by atoms with Gasteiger partial charge in [0.15, 0.2) is 0 Å². The highest BCUT2D eigenvalue weighted by Gasteiger charge is 2.41. The lowest BCUT2D eigenvalue weighted by Gasteiger charge is -2.36. The SMILES string of the molecule is Cc1cc(Br)c(C(N)C2(CC(C)C)CCCC2)s1. The van der Waals surface area contributed by atoms with Gasteiger partial charge in [-0.25, -0.2) is 0 Å². The molecule has 0 amide bonds. The van der Waals surface area contributed by atoms with E-state index in [0.717, 1.165) is 5.92 Å². The summed E-state index contributed by atoms with van der Waals surface area (Å²) in [6.45, 7) is 6.80. The molecule has 0 aromatic carbocycles. The zero-order chi connectivity index (χ0) is 13.3. The molecule has 1 atom stereocenters. The molecule has 1 aromatic rings. The van der Waals surface area contributed by atoms with Crippen LogP contribution in [0.3, 0.4) is 0 Å². The molecule has 1 aliphatic carbocycles. The molecular formula is C15H24BrNS. The second-order valence-corrected chi connectivity index (χ2v) is 8.36. The van der Waals surface area contributed by atoms with E-state index in [2.05, 4.69) is 42.8 Å². The summed E-state index contributed by atoms with van der Waals surface area (Å²) in [6, 6.07) is 2.41. The largest absolute Gasteiger partial charge is 0.323 e. The summed E-state index contributed by atoms with van der Waals surface area (Å²) >= 11 is 5.55. The average Bonchev–Trinajstić information content (AvgIpc) is 2.84. The van der Waals surface area contributed by atoms with E-state index < -0.39 is 0 Å². The predicted octanol–water partition coefficient (Wildman–Crippen LogP) is 5.43. The minimum absolute atomic E-state index is 0.204. The smallest absolute Gasteiger partial charge is 0.0458 e. The molecule has 0 radical (unpaired) electrons. The summed E-state index contributed by atoms with van der Waals surface area (Å²) in [5.74, 6) is 0.731. The molecule has 2 rings (SSSR count). The van der Waals surface area contributed by atoms with E-state index in [1.54, 1.807) is 0 Å². The van der Waals surface area contributed by atoms with Gasteiger partial charge in [-0.2, -0.15) is 0 Å². The fourth-order valence-electron chi connectivity index (χ4n) is 3.53. The third kappa shape index (κ3) is 2.83. The Labute approximate surface area is 123 Å². The van der Waals surface area contributed by atoms with E-state index in [4.69, 9.17) is 5.73 Å². The second kappa shape index (κ2) is 5.64. The Hall–Kier alpha value is 0.140. The predicted molar refractivity (Wildman–Crippen MR) is 84.0 cm³/mol. The first kappa shape index (κ1) is 14.5. The van der Waals surface area contributed by atoms with Crippen molar-refractivity contribution in [3.05, 3.63) is 20.3 Å². The molecule has 1 saturated carbocycles. The lowest BCUT2D eigenvalue weighted by atomic mass is 9.72.